The third-order valence-corrected chi connectivity index (χ3v) is 7.94. The van der Waals surface area contributed by atoms with Crippen molar-refractivity contribution in [3.63, 3.8) is 0 Å². The van der Waals surface area contributed by atoms with Crippen LogP contribution in [0.4, 0.5) is 8.78 Å². The quantitative estimate of drug-likeness (QED) is 0.486. The van der Waals surface area contributed by atoms with Gasteiger partial charge in [0.1, 0.15) is 11.6 Å². The maximum absolute atomic E-state index is 14.8. The van der Waals surface area contributed by atoms with Gasteiger partial charge in [-0.25, -0.2) is 8.78 Å². The van der Waals surface area contributed by atoms with Crippen LogP contribution >= 0.6 is 11.6 Å². The average molecular weight is 529 g/mol. The van der Waals surface area contributed by atoms with Gasteiger partial charge in [0, 0.05) is 54.6 Å². The lowest BCUT2D eigenvalue weighted by molar-refractivity contribution is -0.136. The number of halogens is 3. The molecule has 2 fully saturated rings. The number of carbonyl (C=O) groups is 1. The molecule has 0 bridgehead atoms. The molecule has 196 valence electrons. The van der Waals surface area contributed by atoms with Gasteiger partial charge in [-0.3, -0.25) is 9.69 Å². The Labute approximate surface area is 220 Å². The van der Waals surface area contributed by atoms with Crippen molar-refractivity contribution in [1.82, 2.24) is 30.0 Å². The Bertz CT molecular complexity index is 1270. The van der Waals surface area contributed by atoms with Crippen LogP contribution in [0.3, 0.4) is 0 Å². The van der Waals surface area contributed by atoms with Gasteiger partial charge in [0.25, 0.3) is 0 Å². The lowest BCUT2D eigenvalue weighted by Gasteiger charge is -2.34. The Morgan fingerprint density at radius 2 is 1.73 bits per heavy atom. The number of piperidine rings is 1. The predicted octanol–water partition coefficient (Wildman–Crippen LogP) is 4.81. The fourth-order valence-electron chi connectivity index (χ4n) is 5.53. The summed E-state index contributed by atoms with van der Waals surface area (Å²) in [6.45, 7) is 8.51. The molecule has 0 saturated carbocycles. The molecule has 3 heterocycles. The zero-order chi connectivity index (χ0) is 26.3. The monoisotopic (exact) mass is 528 g/mol. The normalized spacial score (nSPS) is 21.5. The van der Waals surface area contributed by atoms with Crippen LogP contribution in [0.5, 0.6) is 0 Å². The van der Waals surface area contributed by atoms with E-state index in [2.05, 4.69) is 41.2 Å². The van der Waals surface area contributed by atoms with Gasteiger partial charge >= 0.3 is 0 Å². The minimum atomic E-state index is -0.613. The molecule has 5 rings (SSSR count). The number of hydrogen-bond acceptors (Lipinski definition) is 5. The molecule has 0 radical (unpaired) electrons. The zero-order valence-corrected chi connectivity index (χ0v) is 22.0. The second kappa shape index (κ2) is 10.1. The van der Waals surface area contributed by atoms with Gasteiger partial charge < -0.3 is 4.90 Å². The van der Waals surface area contributed by atoms with Crippen LogP contribution in [0.15, 0.2) is 42.5 Å². The summed E-state index contributed by atoms with van der Waals surface area (Å²) in [5.41, 5.74) is 1.07. The first-order chi connectivity index (χ1) is 17.6. The van der Waals surface area contributed by atoms with Gasteiger partial charge in [-0.2, -0.15) is 4.68 Å². The molecule has 2 atom stereocenters. The summed E-state index contributed by atoms with van der Waals surface area (Å²) >= 11 is 6.02. The lowest BCUT2D eigenvalue weighted by Crippen LogP contribution is -2.44. The van der Waals surface area contributed by atoms with Crippen molar-refractivity contribution in [3.8, 4) is 5.69 Å². The van der Waals surface area contributed by atoms with E-state index in [9.17, 15) is 13.6 Å². The van der Waals surface area contributed by atoms with Crippen LogP contribution < -0.4 is 0 Å². The van der Waals surface area contributed by atoms with Crippen LogP contribution in [0.2, 0.25) is 5.02 Å². The number of carbonyl (C=O) groups excluding carboxylic acids is 1. The number of nitrogens with zero attached hydrogens (tertiary/aromatic N) is 6. The second-order valence-electron chi connectivity index (χ2n) is 11.0. The standard InChI is InChI=1S/C27H31ClF2N6O/c1-27(2,3)35-15-22(21-9-6-19(29)14-24(21)30)23(16-35)26(37)34-12-10-17(11-13-34)25-31-32-33-36(25)20-7-4-18(28)5-8-20/h4-9,14,17,22-23H,10-13,15-16H2,1-3H3/t22-,23+/m0/s1. The van der Waals surface area contributed by atoms with Crippen LogP contribution in [-0.2, 0) is 4.79 Å². The molecule has 2 aliphatic heterocycles. The molecule has 0 N–H and O–H groups in total. The summed E-state index contributed by atoms with van der Waals surface area (Å²) in [6, 6.07) is 11.0. The molecule has 2 aliphatic rings. The predicted molar refractivity (Wildman–Crippen MR) is 137 cm³/mol. The SMILES string of the molecule is CC(C)(C)N1C[C@@H](C(=O)N2CCC(c3nnnn3-c3ccc(Cl)cc3)CC2)[C@H](c2ccc(F)cc2F)C1. The summed E-state index contributed by atoms with van der Waals surface area (Å²) in [4.78, 5) is 17.9. The minimum absolute atomic E-state index is 0.0243. The first kappa shape index (κ1) is 25.7. The molecule has 7 nitrogen and oxygen atoms in total. The van der Waals surface area contributed by atoms with Crippen molar-refractivity contribution < 1.29 is 13.6 Å². The van der Waals surface area contributed by atoms with Gasteiger partial charge in [-0.15, -0.1) is 5.10 Å². The highest BCUT2D eigenvalue weighted by molar-refractivity contribution is 6.30. The minimum Gasteiger partial charge on any atom is -0.342 e. The molecular weight excluding hydrogens is 498 g/mol. The van der Waals surface area contributed by atoms with Crippen LogP contribution in [0.25, 0.3) is 5.69 Å². The van der Waals surface area contributed by atoms with E-state index in [1.54, 1.807) is 16.8 Å². The van der Waals surface area contributed by atoms with E-state index in [1.165, 1.54) is 12.1 Å². The van der Waals surface area contributed by atoms with Crippen molar-refractivity contribution in [3.05, 3.63) is 70.5 Å². The average Bonchev–Trinajstić information content (AvgIpc) is 3.52. The van der Waals surface area contributed by atoms with Gasteiger partial charge in [0.05, 0.1) is 11.6 Å². The first-order valence-electron chi connectivity index (χ1n) is 12.6. The Hall–Kier alpha value is -2.91. The number of rotatable bonds is 4. The van der Waals surface area contributed by atoms with Crippen molar-refractivity contribution in [2.75, 3.05) is 26.2 Å². The van der Waals surface area contributed by atoms with Crippen molar-refractivity contribution in [2.45, 2.75) is 51.0 Å². The summed E-state index contributed by atoms with van der Waals surface area (Å²) in [6.07, 6.45) is 1.45. The van der Waals surface area contributed by atoms with Crippen molar-refractivity contribution in [2.24, 2.45) is 5.92 Å². The molecule has 1 amide bonds. The van der Waals surface area contributed by atoms with E-state index in [0.29, 0.717) is 36.8 Å². The van der Waals surface area contributed by atoms with Gasteiger partial charge in [0.15, 0.2) is 5.82 Å². The summed E-state index contributed by atoms with van der Waals surface area (Å²) in [5.74, 6) is -1.03. The Morgan fingerprint density at radius 3 is 2.38 bits per heavy atom. The van der Waals surface area contributed by atoms with Crippen LogP contribution in [-0.4, -0.2) is 67.6 Å². The molecule has 3 aromatic rings. The largest absolute Gasteiger partial charge is 0.342 e. The molecule has 0 aliphatic carbocycles. The lowest BCUT2D eigenvalue weighted by atomic mass is 9.86. The van der Waals surface area contributed by atoms with Crippen molar-refractivity contribution in [1.29, 1.82) is 0 Å². The van der Waals surface area contributed by atoms with Crippen LogP contribution in [0, 0.1) is 17.6 Å². The van der Waals surface area contributed by atoms with Gasteiger partial charge in [-0.1, -0.05) is 17.7 Å². The molecule has 1 aromatic heterocycles. The number of amides is 1. The Kier molecular flexibility index (Phi) is 7.02. The van der Waals surface area contributed by atoms with E-state index in [-0.39, 0.29) is 23.3 Å². The highest BCUT2D eigenvalue weighted by atomic mass is 35.5. The number of tetrazole rings is 1. The summed E-state index contributed by atoms with van der Waals surface area (Å²) in [5, 5.41) is 13.0. The number of likely N-dealkylation sites (tertiary alicyclic amines) is 2. The van der Waals surface area contributed by atoms with E-state index in [4.69, 9.17) is 11.6 Å². The number of aromatic nitrogens is 4. The molecular formula is C27H31ClF2N6O. The summed E-state index contributed by atoms with van der Waals surface area (Å²) < 4.78 is 30.1. The van der Waals surface area contributed by atoms with Crippen LogP contribution in [0.1, 0.15) is 56.8 Å². The maximum atomic E-state index is 14.8. The smallest absolute Gasteiger partial charge is 0.227 e. The third kappa shape index (κ3) is 5.25. The van der Waals surface area contributed by atoms with Crippen molar-refractivity contribution >= 4 is 17.5 Å². The number of benzene rings is 2. The molecule has 2 aromatic carbocycles. The van der Waals surface area contributed by atoms with Gasteiger partial charge in [-0.05, 0) is 79.9 Å². The summed E-state index contributed by atoms with van der Waals surface area (Å²) in [7, 11) is 0. The molecule has 37 heavy (non-hydrogen) atoms. The third-order valence-electron chi connectivity index (χ3n) is 7.68. The molecule has 2 saturated heterocycles. The van der Waals surface area contributed by atoms with Gasteiger partial charge in [0.2, 0.25) is 5.91 Å². The highest BCUT2D eigenvalue weighted by Crippen LogP contribution is 2.39. The number of hydrogen-bond donors (Lipinski definition) is 0. The molecule has 10 heteroatoms. The second-order valence-corrected chi connectivity index (χ2v) is 11.4. The maximum Gasteiger partial charge on any atom is 0.227 e. The first-order valence-corrected chi connectivity index (χ1v) is 13.0. The highest BCUT2D eigenvalue weighted by Gasteiger charge is 2.45. The molecule has 0 spiro atoms. The topological polar surface area (TPSA) is 67.2 Å². The van der Waals surface area contributed by atoms with E-state index >= 15 is 0 Å². The Balaban J connectivity index is 1.32. The fourth-order valence-corrected chi connectivity index (χ4v) is 5.65. The zero-order valence-electron chi connectivity index (χ0n) is 21.2. The van der Waals surface area contributed by atoms with E-state index in [1.807, 2.05) is 17.0 Å². The Morgan fingerprint density at radius 1 is 1.03 bits per heavy atom. The fraction of sp³-hybridized carbons (Fsp3) is 0.481. The van der Waals surface area contributed by atoms with E-state index in [0.717, 1.165) is 30.4 Å². The molecule has 0 unspecified atom stereocenters. The van der Waals surface area contributed by atoms with E-state index < -0.39 is 17.6 Å².